The Kier molecular flexibility index (Phi) is 10.7. The molecule has 228 valence electrons. The number of aromatic nitrogens is 2. The Morgan fingerprint density at radius 2 is 1.48 bits per heavy atom. The fourth-order valence-corrected chi connectivity index (χ4v) is 6.53. The van der Waals surface area contributed by atoms with Crippen molar-refractivity contribution in [2.45, 2.75) is 55.7 Å². The van der Waals surface area contributed by atoms with Gasteiger partial charge in [-0.1, -0.05) is 92.3 Å². The summed E-state index contributed by atoms with van der Waals surface area (Å²) in [6.45, 7) is 5.39. The predicted octanol–water partition coefficient (Wildman–Crippen LogP) is 7.81. The van der Waals surface area contributed by atoms with E-state index < -0.39 is 17.7 Å². The van der Waals surface area contributed by atoms with Gasteiger partial charge >= 0.3 is 5.91 Å². The van der Waals surface area contributed by atoms with Crippen molar-refractivity contribution < 1.29 is 24.2 Å². The maximum atomic E-state index is 13.6. The lowest BCUT2D eigenvalue weighted by Gasteiger charge is -2.22. The second-order valence-electron chi connectivity index (χ2n) is 10.3. The highest BCUT2D eigenvalue weighted by atomic mass is 32.2. The summed E-state index contributed by atoms with van der Waals surface area (Å²) >= 11 is 2.75. The predicted molar refractivity (Wildman–Crippen MR) is 174 cm³/mol. The number of hydrogen-bond acceptors (Lipinski definition) is 9. The molecule has 0 aliphatic carbocycles. The van der Waals surface area contributed by atoms with E-state index in [0.717, 1.165) is 31.2 Å². The van der Waals surface area contributed by atoms with Crippen LogP contribution in [-0.4, -0.2) is 40.2 Å². The minimum atomic E-state index is -0.903. The molecule has 1 N–H and O–H groups in total. The molecule has 3 aromatic carbocycles. The van der Waals surface area contributed by atoms with E-state index >= 15 is 0 Å². The van der Waals surface area contributed by atoms with Crippen molar-refractivity contribution in [1.82, 2.24) is 10.2 Å². The third-order valence-electron chi connectivity index (χ3n) is 7.11. The summed E-state index contributed by atoms with van der Waals surface area (Å²) in [7, 11) is 0. The number of benzene rings is 3. The van der Waals surface area contributed by atoms with Crippen molar-refractivity contribution in [1.29, 1.82) is 0 Å². The van der Waals surface area contributed by atoms with Crippen LogP contribution in [0.3, 0.4) is 0 Å². The van der Waals surface area contributed by atoms with Crippen LogP contribution in [0.2, 0.25) is 0 Å². The number of aliphatic hydroxyl groups is 1. The van der Waals surface area contributed by atoms with Gasteiger partial charge in [0.15, 0.2) is 4.34 Å². The molecule has 1 unspecified atom stereocenters. The normalized spacial score (nSPS) is 16.0. The highest BCUT2D eigenvalue weighted by Crippen LogP contribution is 2.44. The molecule has 5 rings (SSSR count). The zero-order chi connectivity index (χ0) is 30.9. The van der Waals surface area contributed by atoms with E-state index in [0.29, 0.717) is 45.9 Å². The number of aliphatic hydroxyl groups excluding tert-OH is 1. The van der Waals surface area contributed by atoms with Crippen LogP contribution in [0, 0.1) is 0 Å². The smallest absolute Gasteiger partial charge is 0.301 e. The zero-order valence-corrected chi connectivity index (χ0v) is 26.4. The highest BCUT2D eigenvalue weighted by Gasteiger charge is 2.48. The molecule has 1 aliphatic heterocycles. The summed E-state index contributed by atoms with van der Waals surface area (Å²) in [4.78, 5) is 28.5. The first-order valence-corrected chi connectivity index (χ1v) is 16.6. The van der Waals surface area contributed by atoms with E-state index in [-0.39, 0.29) is 16.5 Å². The van der Waals surface area contributed by atoms with Gasteiger partial charge in [0.2, 0.25) is 5.13 Å². The summed E-state index contributed by atoms with van der Waals surface area (Å²) < 4.78 is 12.3. The number of carbonyl (C=O) groups excluding carboxylic acids is 2. The summed E-state index contributed by atoms with van der Waals surface area (Å²) in [5, 5.41) is 20.4. The molecule has 4 aromatic rings. The highest BCUT2D eigenvalue weighted by molar-refractivity contribution is 8.00. The van der Waals surface area contributed by atoms with Crippen LogP contribution in [-0.2, 0) is 15.3 Å². The van der Waals surface area contributed by atoms with Crippen molar-refractivity contribution in [3.05, 3.63) is 101 Å². The minimum Gasteiger partial charge on any atom is -0.507 e. The van der Waals surface area contributed by atoms with Crippen LogP contribution < -0.4 is 14.4 Å². The summed E-state index contributed by atoms with van der Waals surface area (Å²) in [5.41, 5.74) is 2.18. The Morgan fingerprint density at radius 3 is 2.09 bits per heavy atom. The number of unbranched alkanes of at least 4 members (excludes halogenated alkanes) is 2. The van der Waals surface area contributed by atoms with Crippen molar-refractivity contribution in [3.8, 4) is 11.5 Å². The van der Waals surface area contributed by atoms with Crippen molar-refractivity contribution in [2.24, 2.45) is 0 Å². The van der Waals surface area contributed by atoms with Crippen LogP contribution in [0.25, 0.3) is 5.76 Å². The van der Waals surface area contributed by atoms with Gasteiger partial charge in [-0.2, -0.15) is 0 Å². The van der Waals surface area contributed by atoms with E-state index in [1.807, 2.05) is 54.6 Å². The molecule has 0 spiro atoms. The molecule has 10 heteroatoms. The van der Waals surface area contributed by atoms with E-state index in [4.69, 9.17) is 9.47 Å². The van der Waals surface area contributed by atoms with Crippen LogP contribution in [0.5, 0.6) is 11.5 Å². The second kappa shape index (κ2) is 15.0. The first-order chi connectivity index (χ1) is 21.5. The lowest BCUT2D eigenvalue weighted by molar-refractivity contribution is -0.132. The standard InChI is InChI=1S/C34H35N3O5S2/c1-3-5-20-41-26-16-12-24(13-17-26)29-28(30(38)25-14-18-27(19-15-25)42-21-6-4-2)31(39)32(40)37(29)33-35-36-34(44-33)43-22-23-10-8-7-9-11-23/h7-19,29,38H,3-6,20-22H2,1-2H3/b30-28+. The molecule has 1 amide bonds. The van der Waals surface area contributed by atoms with Gasteiger partial charge < -0.3 is 14.6 Å². The third-order valence-corrected chi connectivity index (χ3v) is 9.24. The maximum absolute atomic E-state index is 13.6. The molecular formula is C34H35N3O5S2. The van der Waals surface area contributed by atoms with Gasteiger partial charge in [-0.15, -0.1) is 10.2 Å². The molecule has 1 aromatic heterocycles. The Bertz CT molecular complexity index is 1590. The summed E-state index contributed by atoms with van der Waals surface area (Å²) in [5.74, 6) is 0.230. The topological polar surface area (TPSA) is 102 Å². The van der Waals surface area contributed by atoms with E-state index in [2.05, 4.69) is 24.0 Å². The number of rotatable bonds is 14. The third kappa shape index (κ3) is 7.31. The maximum Gasteiger partial charge on any atom is 0.301 e. The number of amides is 1. The number of ether oxygens (including phenoxy) is 2. The van der Waals surface area contributed by atoms with Gasteiger partial charge in [0, 0.05) is 11.3 Å². The van der Waals surface area contributed by atoms with Gasteiger partial charge in [0.25, 0.3) is 5.78 Å². The monoisotopic (exact) mass is 629 g/mol. The van der Waals surface area contributed by atoms with Gasteiger partial charge in [0.1, 0.15) is 17.3 Å². The van der Waals surface area contributed by atoms with E-state index in [9.17, 15) is 14.7 Å². The number of hydrogen-bond donors (Lipinski definition) is 1. The number of nitrogens with zero attached hydrogens (tertiary/aromatic N) is 3. The zero-order valence-electron chi connectivity index (χ0n) is 24.8. The average molecular weight is 630 g/mol. The quantitative estimate of drug-likeness (QED) is 0.0376. The number of thioether (sulfide) groups is 1. The lowest BCUT2D eigenvalue weighted by atomic mass is 9.95. The number of carbonyl (C=O) groups is 2. The Hall–Kier alpha value is -4.15. The fraction of sp³-hybridized carbons (Fsp3) is 0.294. The Labute approximate surface area is 265 Å². The van der Waals surface area contributed by atoms with E-state index in [1.165, 1.54) is 28.0 Å². The SMILES string of the molecule is CCCCOc1ccc(/C(O)=C2\C(=O)C(=O)N(c3nnc(SCc4ccccc4)s3)C2c2ccc(OCCCC)cc2)cc1. The van der Waals surface area contributed by atoms with Crippen molar-refractivity contribution >= 4 is 45.7 Å². The Balaban J connectivity index is 1.48. The van der Waals surface area contributed by atoms with E-state index in [1.54, 1.807) is 24.3 Å². The summed E-state index contributed by atoms with van der Waals surface area (Å²) in [6.07, 6.45) is 3.91. The molecule has 1 atom stereocenters. The molecule has 0 saturated carbocycles. The molecule has 2 heterocycles. The van der Waals surface area contributed by atoms with Gasteiger partial charge in [-0.05, 0) is 60.4 Å². The lowest BCUT2D eigenvalue weighted by Crippen LogP contribution is -2.29. The van der Waals surface area contributed by atoms with Crippen LogP contribution in [0.4, 0.5) is 5.13 Å². The first-order valence-electron chi connectivity index (χ1n) is 14.8. The molecule has 8 nitrogen and oxygen atoms in total. The van der Waals surface area contributed by atoms with Gasteiger partial charge in [-0.3, -0.25) is 14.5 Å². The first kappa shape index (κ1) is 31.3. The van der Waals surface area contributed by atoms with Crippen LogP contribution in [0.1, 0.15) is 62.3 Å². The fourth-order valence-electron chi connectivity index (χ4n) is 4.70. The Morgan fingerprint density at radius 1 is 0.864 bits per heavy atom. The average Bonchev–Trinajstić information content (AvgIpc) is 3.63. The van der Waals surface area contributed by atoms with Crippen molar-refractivity contribution in [3.63, 3.8) is 0 Å². The molecule has 0 radical (unpaired) electrons. The van der Waals surface area contributed by atoms with Gasteiger partial charge in [-0.25, -0.2) is 0 Å². The molecule has 44 heavy (non-hydrogen) atoms. The molecule has 0 bridgehead atoms. The van der Waals surface area contributed by atoms with Crippen molar-refractivity contribution in [2.75, 3.05) is 18.1 Å². The minimum absolute atomic E-state index is 0.0111. The van der Waals surface area contributed by atoms with Crippen LogP contribution >= 0.6 is 23.1 Å². The molecule has 1 saturated heterocycles. The number of Topliss-reactive ketones (excluding diaryl/α,β-unsaturated/α-hetero) is 1. The number of anilines is 1. The second-order valence-corrected chi connectivity index (χ2v) is 12.5. The van der Waals surface area contributed by atoms with Gasteiger partial charge in [0.05, 0.1) is 24.8 Å². The molecular weight excluding hydrogens is 595 g/mol. The molecule has 1 fully saturated rings. The molecule has 1 aliphatic rings. The number of ketones is 1. The summed E-state index contributed by atoms with van der Waals surface area (Å²) in [6, 6.07) is 23.2. The largest absolute Gasteiger partial charge is 0.507 e. The van der Waals surface area contributed by atoms with Crippen LogP contribution in [0.15, 0.2) is 88.8 Å².